The van der Waals surface area contributed by atoms with Gasteiger partial charge in [0.1, 0.15) is 87.2 Å². The van der Waals surface area contributed by atoms with Gasteiger partial charge in [-0.25, -0.2) is 9.59 Å². The second-order valence-corrected chi connectivity index (χ2v) is 21.6. The lowest BCUT2D eigenvalue weighted by Gasteiger charge is -2.39. The summed E-state index contributed by atoms with van der Waals surface area (Å²) in [5.74, 6) is -4.60. The van der Waals surface area contributed by atoms with E-state index in [2.05, 4.69) is 34.4 Å². The topological polar surface area (TPSA) is 540 Å². The molecule has 0 aliphatic carbocycles. The van der Waals surface area contributed by atoms with Crippen molar-refractivity contribution in [3.63, 3.8) is 0 Å². The number of amides is 2. The molecule has 4 aliphatic heterocycles. The second-order valence-electron chi connectivity index (χ2n) is 21.6. The van der Waals surface area contributed by atoms with Gasteiger partial charge in [-0.1, -0.05) is 40.9 Å². The fourth-order valence-electron chi connectivity index (χ4n) is 7.71. The Morgan fingerprint density at radius 3 is 1.19 bits per heavy atom. The zero-order chi connectivity index (χ0) is 68.8. The number of aldehydes is 4. The molecule has 21 atom stereocenters. The van der Waals surface area contributed by atoms with Crippen LogP contribution in [0, 0.1) is 23.7 Å². The first-order valence-electron chi connectivity index (χ1n) is 29.3. The van der Waals surface area contributed by atoms with Gasteiger partial charge in [0.05, 0.1) is 71.2 Å². The molecule has 4 aliphatic rings. The van der Waals surface area contributed by atoms with E-state index in [0.29, 0.717) is 58.3 Å². The molecule has 91 heavy (non-hydrogen) atoms. The first kappa shape index (κ1) is 83.8. The van der Waals surface area contributed by atoms with Crippen LogP contribution in [0.3, 0.4) is 0 Å². The molecule has 0 saturated carbocycles. The van der Waals surface area contributed by atoms with Crippen LogP contribution in [0.1, 0.15) is 59.8 Å². The molecule has 35 nitrogen and oxygen atoms in total. The van der Waals surface area contributed by atoms with Crippen molar-refractivity contribution in [1.82, 2.24) is 21.3 Å². The molecule has 4 fully saturated rings. The molecule has 0 bridgehead atoms. The largest absolute Gasteiger partial charge is 0.479 e. The van der Waals surface area contributed by atoms with Gasteiger partial charge in [0.2, 0.25) is 11.8 Å². The molecule has 17 N–H and O–H groups in total. The maximum atomic E-state index is 11.5. The summed E-state index contributed by atoms with van der Waals surface area (Å²) in [6.45, 7) is 16.1. The number of carbonyl (C=O) groups is 8. The highest BCUT2D eigenvalue weighted by atomic mass is 16.7. The molecule has 35 heteroatoms. The van der Waals surface area contributed by atoms with Gasteiger partial charge < -0.3 is 154 Å². The van der Waals surface area contributed by atoms with Gasteiger partial charge in [0, 0.05) is 93.3 Å². The van der Waals surface area contributed by atoms with Gasteiger partial charge in [0.15, 0.2) is 37.4 Å². The fourth-order valence-corrected chi connectivity index (χ4v) is 7.71. The SMILES string of the molecule is C=C(CCOCCOC1C[C@@H](O)C(O)C(C(=O)O)O1)NC[C@H](C)C=O.C=C(CCOCCOC1C[C@@H](O)C(O)C(CO)O1)NC[C@H](C)C=O.C[C@H](C=O)CNC(=O)COC1C[C@@H](O)C(O)C(C(=O)O)O1.C[C@H](C=O)CNC(=O)COC1OC(CO)C(O)[C@H](O)[C@H]1O. The highest BCUT2D eigenvalue weighted by Gasteiger charge is 2.45. The Labute approximate surface area is 525 Å². The van der Waals surface area contributed by atoms with Gasteiger partial charge in [-0.15, -0.1) is 0 Å². The van der Waals surface area contributed by atoms with E-state index in [4.69, 9.17) is 67.8 Å². The summed E-state index contributed by atoms with van der Waals surface area (Å²) in [6.07, 6.45) is -17.0. The van der Waals surface area contributed by atoms with E-state index in [1.807, 2.05) is 6.92 Å². The number of carboxylic acid groups (broad SMARTS) is 2. The van der Waals surface area contributed by atoms with Crippen molar-refractivity contribution < 1.29 is 152 Å². The molecule has 0 spiro atoms. The van der Waals surface area contributed by atoms with Crippen molar-refractivity contribution in [3.05, 3.63) is 24.6 Å². The van der Waals surface area contributed by atoms with Crippen LogP contribution in [0.5, 0.6) is 0 Å². The van der Waals surface area contributed by atoms with Crippen LogP contribution in [0.4, 0.5) is 0 Å². The predicted molar refractivity (Wildman–Crippen MR) is 308 cm³/mol. The summed E-state index contributed by atoms with van der Waals surface area (Å²) in [4.78, 5) is 86.4. The molecule has 4 rings (SSSR count). The molecule has 0 aromatic heterocycles. The van der Waals surface area contributed by atoms with Crippen molar-refractivity contribution in [3.8, 4) is 0 Å². The number of carboxylic acids is 2. The van der Waals surface area contributed by atoms with E-state index in [0.717, 1.165) is 24.0 Å². The number of ether oxygens (including phenoxy) is 10. The van der Waals surface area contributed by atoms with Crippen LogP contribution in [0.25, 0.3) is 0 Å². The van der Waals surface area contributed by atoms with E-state index in [-0.39, 0.29) is 82.5 Å². The minimum absolute atomic E-state index is 0.0133. The molecule has 526 valence electrons. The second kappa shape index (κ2) is 46.8. The molecule has 0 radical (unpaired) electrons. The Kier molecular flexibility index (Phi) is 43.1. The molecule has 4 heterocycles. The van der Waals surface area contributed by atoms with E-state index in [1.54, 1.807) is 20.8 Å². The van der Waals surface area contributed by atoms with Crippen LogP contribution < -0.4 is 21.3 Å². The summed E-state index contributed by atoms with van der Waals surface area (Å²) in [6, 6.07) is 0. The summed E-state index contributed by atoms with van der Waals surface area (Å²) >= 11 is 0. The number of aliphatic carboxylic acids is 2. The third-order valence-corrected chi connectivity index (χ3v) is 13.4. The van der Waals surface area contributed by atoms with E-state index in [9.17, 15) is 84.3 Å². The van der Waals surface area contributed by atoms with Gasteiger partial charge in [0.25, 0.3) is 0 Å². The minimum atomic E-state index is -1.61. The number of aliphatic hydroxyl groups is 11. The molecule has 4 saturated heterocycles. The van der Waals surface area contributed by atoms with Crippen LogP contribution in [0.15, 0.2) is 24.6 Å². The average Bonchev–Trinajstić information content (AvgIpc) is 1.18. The smallest absolute Gasteiger partial charge is 0.335 e. The summed E-state index contributed by atoms with van der Waals surface area (Å²) in [7, 11) is 0. The zero-order valence-electron chi connectivity index (χ0n) is 51.4. The fraction of sp³-hybridized carbons (Fsp3) is 0.786. The lowest BCUT2D eigenvalue weighted by Crippen LogP contribution is -2.59. The van der Waals surface area contributed by atoms with Gasteiger partial charge >= 0.3 is 11.9 Å². The Morgan fingerprint density at radius 2 is 0.802 bits per heavy atom. The first-order valence-corrected chi connectivity index (χ1v) is 29.3. The van der Waals surface area contributed by atoms with Crippen molar-refractivity contribution in [2.45, 2.75) is 164 Å². The summed E-state index contributed by atoms with van der Waals surface area (Å²) in [5.41, 5.74) is 1.58. The molecule has 2 amide bonds. The number of nitrogens with one attached hydrogen (secondary N) is 4. The number of rotatable bonds is 38. The Morgan fingerprint density at radius 1 is 0.451 bits per heavy atom. The normalized spacial score (nSPS) is 29.9. The van der Waals surface area contributed by atoms with Crippen molar-refractivity contribution in [2.24, 2.45) is 23.7 Å². The average molecular weight is 1320 g/mol. The first-order chi connectivity index (χ1) is 43.1. The van der Waals surface area contributed by atoms with Gasteiger partial charge in [-0.3, -0.25) is 9.59 Å². The van der Waals surface area contributed by atoms with Crippen LogP contribution in [-0.4, -0.2) is 312 Å². The Hall–Kier alpha value is -5.20. The quantitative estimate of drug-likeness (QED) is 0.0202. The lowest BCUT2D eigenvalue weighted by atomic mass is 9.99. The molecule has 12 unspecified atom stereocenters. The number of hydrogen-bond acceptors (Lipinski definition) is 31. The highest BCUT2D eigenvalue weighted by Crippen LogP contribution is 2.25. The minimum Gasteiger partial charge on any atom is -0.479 e. The lowest BCUT2D eigenvalue weighted by molar-refractivity contribution is -0.299. The van der Waals surface area contributed by atoms with E-state index >= 15 is 0 Å². The maximum absolute atomic E-state index is 11.5. The van der Waals surface area contributed by atoms with E-state index < -0.39 is 148 Å². The standard InChI is InChI=1S/C16H27NO8.C16H29NO7.C12H19NO8.C12H21NO8/c1-10(9-18)8-17-11(2)3-4-23-5-6-24-13-7-12(19)14(20)15(25-13)16(21)22;1-11(9-18)8-17-12(2)3-4-22-5-6-23-15-7-13(20)16(21)14(10-19)24-15;1-6(4-14)3-13-8(16)5-20-9-2-7(15)10(17)11(21-9)12(18)19;1-6(3-14)2-13-8(16)5-20-12-11(19)10(18)9(17)7(4-15)21-12/h9-10,12-15,17,19-20H,2-8H2,1H3,(H,21,22);9,11,13-17,19-21H,2-8,10H2,1H3;4,6-7,9-11,15,17H,2-3,5H2,1H3,(H,13,16)(H,18,19);3,6-7,9-12,15,17-19H,2,4-5H2,1H3,(H,13,16)/t10-,12+,13?,14?,15?;11-,13+,14?,15?,16?;6-,7+,9?,10?,11?;6-,7?,9?,10-,11+,12?/m0000/s1. The molecular formula is C56H96N4O31. The third kappa shape index (κ3) is 34.0. The Balaban J connectivity index is 0.000000608. The zero-order valence-corrected chi connectivity index (χ0v) is 51.4. The highest BCUT2D eigenvalue weighted by molar-refractivity contribution is 5.78. The summed E-state index contributed by atoms with van der Waals surface area (Å²) in [5, 5.41) is 133. The molecule has 0 aromatic carbocycles. The predicted octanol–water partition coefficient (Wildman–Crippen LogP) is -6.92. The van der Waals surface area contributed by atoms with Crippen molar-refractivity contribution in [1.29, 1.82) is 0 Å². The maximum Gasteiger partial charge on any atom is 0.335 e. The van der Waals surface area contributed by atoms with E-state index in [1.165, 1.54) is 0 Å². The number of aliphatic hydroxyl groups excluding tert-OH is 11. The molecular weight excluding hydrogens is 1220 g/mol. The number of carbonyl (C=O) groups excluding carboxylic acids is 6. The molecule has 0 aromatic rings. The number of hydrogen-bond donors (Lipinski definition) is 17. The Bertz CT molecular complexity index is 2140. The summed E-state index contributed by atoms with van der Waals surface area (Å²) < 4.78 is 52.1. The van der Waals surface area contributed by atoms with Crippen LogP contribution in [0.2, 0.25) is 0 Å². The van der Waals surface area contributed by atoms with Crippen LogP contribution in [-0.2, 0) is 85.7 Å². The van der Waals surface area contributed by atoms with Crippen molar-refractivity contribution >= 4 is 48.9 Å². The van der Waals surface area contributed by atoms with Gasteiger partial charge in [-0.05, 0) is 0 Å². The monoisotopic (exact) mass is 1320 g/mol. The van der Waals surface area contributed by atoms with Gasteiger partial charge in [-0.2, -0.15) is 0 Å². The third-order valence-electron chi connectivity index (χ3n) is 13.4. The van der Waals surface area contributed by atoms with Crippen LogP contribution >= 0.6 is 0 Å². The van der Waals surface area contributed by atoms with Crippen molar-refractivity contribution in [2.75, 3.05) is 92.2 Å².